The lowest BCUT2D eigenvalue weighted by Gasteiger charge is -2.30. The predicted molar refractivity (Wildman–Crippen MR) is 117 cm³/mol. The molecule has 1 atom stereocenters. The molecule has 2 heterocycles. The van der Waals surface area contributed by atoms with Crippen molar-refractivity contribution in [2.75, 3.05) is 32.8 Å². The van der Waals surface area contributed by atoms with Crippen LogP contribution in [-0.4, -0.2) is 65.1 Å². The van der Waals surface area contributed by atoms with Gasteiger partial charge >= 0.3 is 0 Å². The van der Waals surface area contributed by atoms with Crippen LogP contribution in [0.5, 0.6) is 5.75 Å². The Labute approximate surface area is 177 Å². The lowest BCUT2D eigenvalue weighted by Crippen LogP contribution is -2.41. The summed E-state index contributed by atoms with van der Waals surface area (Å²) in [4.78, 5) is 8.06. The third kappa shape index (κ3) is 7.35. The van der Waals surface area contributed by atoms with E-state index in [4.69, 9.17) is 4.74 Å². The second-order valence-corrected chi connectivity index (χ2v) is 9.11. The highest BCUT2D eigenvalue weighted by atomic mass is 32.1. The van der Waals surface area contributed by atoms with Crippen LogP contribution in [0.2, 0.25) is 0 Å². The Hall–Kier alpha value is -1.51. The van der Waals surface area contributed by atoms with E-state index in [1.165, 1.54) is 9.88 Å². The Balaban J connectivity index is 1.36. The maximum Gasteiger partial charge on any atom is 0.119 e. The van der Waals surface area contributed by atoms with Crippen LogP contribution in [0.1, 0.15) is 34.0 Å². The van der Waals surface area contributed by atoms with E-state index >= 15 is 0 Å². The summed E-state index contributed by atoms with van der Waals surface area (Å²) in [5, 5.41) is 24.5. The summed E-state index contributed by atoms with van der Waals surface area (Å²) in [6, 6.07) is 8.01. The number of aromatic nitrogens is 1. The van der Waals surface area contributed by atoms with Gasteiger partial charge in [-0.3, -0.25) is 0 Å². The van der Waals surface area contributed by atoms with Crippen LogP contribution in [0, 0.1) is 13.8 Å². The van der Waals surface area contributed by atoms with E-state index in [0.717, 1.165) is 62.4 Å². The zero-order valence-electron chi connectivity index (χ0n) is 17.4. The molecule has 160 valence electrons. The highest BCUT2D eigenvalue weighted by molar-refractivity contribution is 7.11. The minimum absolute atomic E-state index is 0.189. The Morgan fingerprint density at radius 1 is 1.31 bits per heavy atom. The smallest absolute Gasteiger partial charge is 0.119 e. The molecule has 2 aromatic rings. The molecule has 3 N–H and O–H groups in total. The molecule has 1 saturated heterocycles. The number of likely N-dealkylation sites (tertiary alicyclic amines) is 1. The first-order valence-electron chi connectivity index (χ1n) is 10.4. The lowest BCUT2D eigenvalue weighted by molar-refractivity contribution is 0.0337. The molecule has 6 nitrogen and oxygen atoms in total. The summed E-state index contributed by atoms with van der Waals surface area (Å²) in [6.45, 7) is 8.37. The molecule has 1 aliphatic rings. The second-order valence-electron chi connectivity index (χ2n) is 7.82. The summed E-state index contributed by atoms with van der Waals surface area (Å²) >= 11 is 1.77. The fourth-order valence-corrected chi connectivity index (χ4v) is 4.40. The van der Waals surface area contributed by atoms with Crippen LogP contribution in [0.3, 0.4) is 0 Å². The van der Waals surface area contributed by atoms with Crippen LogP contribution in [0.4, 0.5) is 0 Å². The summed E-state index contributed by atoms with van der Waals surface area (Å²) in [6.07, 6.45) is 1.78. The second kappa shape index (κ2) is 11.0. The number of aliphatic hydroxyl groups excluding tert-OH is 2. The number of benzene rings is 1. The van der Waals surface area contributed by atoms with Gasteiger partial charge in [0.05, 0.1) is 16.8 Å². The summed E-state index contributed by atoms with van der Waals surface area (Å²) in [7, 11) is 0. The monoisotopic (exact) mass is 419 g/mol. The van der Waals surface area contributed by atoms with E-state index in [1.807, 2.05) is 18.2 Å². The largest absolute Gasteiger partial charge is 0.491 e. The molecule has 0 saturated carbocycles. The summed E-state index contributed by atoms with van der Waals surface area (Å²) in [5.41, 5.74) is 2.29. The maximum absolute atomic E-state index is 10.3. The Morgan fingerprint density at radius 3 is 2.83 bits per heavy atom. The van der Waals surface area contributed by atoms with Crippen LogP contribution in [-0.2, 0) is 13.0 Å². The SMILES string of the molecule is Cc1nc(CCNCc2cccc(OC[C@@H](O)CN3CCC(O)CC3)c2)sc1C. The van der Waals surface area contributed by atoms with Gasteiger partial charge in [-0.1, -0.05) is 12.1 Å². The van der Waals surface area contributed by atoms with E-state index in [1.54, 1.807) is 11.3 Å². The van der Waals surface area contributed by atoms with Crippen molar-refractivity contribution < 1.29 is 14.9 Å². The molecule has 0 aliphatic carbocycles. The fraction of sp³-hybridized carbons (Fsp3) is 0.591. The van der Waals surface area contributed by atoms with E-state index < -0.39 is 6.10 Å². The molecule has 0 spiro atoms. The molecule has 0 unspecified atom stereocenters. The Bertz CT molecular complexity index is 740. The van der Waals surface area contributed by atoms with Crippen molar-refractivity contribution >= 4 is 11.3 Å². The molecule has 7 heteroatoms. The van der Waals surface area contributed by atoms with Gasteiger partial charge in [0.15, 0.2) is 0 Å². The Morgan fingerprint density at radius 2 is 2.10 bits per heavy atom. The molecule has 1 aromatic carbocycles. The van der Waals surface area contributed by atoms with Crippen LogP contribution in [0.15, 0.2) is 24.3 Å². The number of aliphatic hydroxyl groups is 2. The number of thiazole rings is 1. The van der Waals surface area contributed by atoms with Crippen molar-refractivity contribution in [2.45, 2.75) is 51.9 Å². The number of ether oxygens (including phenoxy) is 1. The molecule has 0 bridgehead atoms. The van der Waals surface area contributed by atoms with Gasteiger partial charge in [-0.2, -0.15) is 0 Å². The van der Waals surface area contributed by atoms with Gasteiger partial charge < -0.3 is 25.2 Å². The predicted octanol–water partition coefficient (Wildman–Crippen LogP) is 2.29. The molecule has 1 aromatic heterocycles. The fourth-order valence-electron chi connectivity index (χ4n) is 3.46. The number of piperidine rings is 1. The quantitative estimate of drug-likeness (QED) is 0.513. The maximum atomic E-state index is 10.3. The topological polar surface area (TPSA) is 77.9 Å². The third-order valence-electron chi connectivity index (χ3n) is 5.28. The van der Waals surface area contributed by atoms with Crippen molar-refractivity contribution in [3.63, 3.8) is 0 Å². The molecular formula is C22H33N3O3S. The highest BCUT2D eigenvalue weighted by Gasteiger charge is 2.19. The first-order valence-corrected chi connectivity index (χ1v) is 11.2. The highest BCUT2D eigenvalue weighted by Crippen LogP contribution is 2.17. The van der Waals surface area contributed by atoms with Gasteiger partial charge in [-0.25, -0.2) is 4.98 Å². The molecule has 0 amide bonds. The summed E-state index contributed by atoms with van der Waals surface area (Å²) < 4.78 is 5.80. The third-order valence-corrected chi connectivity index (χ3v) is 6.42. The minimum atomic E-state index is -0.530. The average molecular weight is 420 g/mol. The number of hydrogen-bond acceptors (Lipinski definition) is 7. The summed E-state index contributed by atoms with van der Waals surface area (Å²) in [5.74, 6) is 0.781. The lowest BCUT2D eigenvalue weighted by atomic mass is 10.1. The van der Waals surface area contributed by atoms with E-state index in [2.05, 4.69) is 35.1 Å². The van der Waals surface area contributed by atoms with Crippen molar-refractivity contribution in [3.05, 3.63) is 45.4 Å². The number of β-amino-alcohol motifs (C(OH)–C–C–N with tert-alkyl or cyclic N) is 1. The number of rotatable bonds is 10. The van der Waals surface area contributed by atoms with Crippen molar-refractivity contribution in [1.29, 1.82) is 0 Å². The zero-order valence-corrected chi connectivity index (χ0v) is 18.2. The van der Waals surface area contributed by atoms with Gasteiger partial charge in [-0.15, -0.1) is 11.3 Å². The molecule has 1 aliphatic heterocycles. The van der Waals surface area contributed by atoms with E-state index in [-0.39, 0.29) is 12.7 Å². The number of nitrogens with one attached hydrogen (secondary N) is 1. The van der Waals surface area contributed by atoms with Crippen LogP contribution in [0.25, 0.3) is 0 Å². The normalized spacial score (nSPS) is 16.8. The standard InChI is InChI=1S/C22H33N3O3S/c1-16-17(2)29-22(24-16)6-9-23-13-18-4-3-5-21(12-18)28-15-20(27)14-25-10-7-19(26)8-11-25/h3-5,12,19-20,23,26-27H,6-11,13-15H2,1-2H3/t20-/m0/s1. The van der Waals surface area contributed by atoms with E-state index in [0.29, 0.717) is 6.54 Å². The Kier molecular flexibility index (Phi) is 8.44. The van der Waals surface area contributed by atoms with E-state index in [9.17, 15) is 10.2 Å². The van der Waals surface area contributed by atoms with Crippen LogP contribution < -0.4 is 10.1 Å². The zero-order chi connectivity index (χ0) is 20.6. The van der Waals surface area contributed by atoms with Gasteiger partial charge in [0.2, 0.25) is 0 Å². The molecule has 3 rings (SSSR count). The number of aryl methyl sites for hydroxylation is 2. The van der Waals surface area contributed by atoms with Crippen molar-refractivity contribution in [1.82, 2.24) is 15.2 Å². The van der Waals surface area contributed by atoms with Gasteiger partial charge in [0.1, 0.15) is 18.5 Å². The van der Waals surface area contributed by atoms with Gasteiger partial charge in [-0.05, 0) is 44.4 Å². The van der Waals surface area contributed by atoms with Crippen molar-refractivity contribution in [3.8, 4) is 5.75 Å². The average Bonchev–Trinajstić information content (AvgIpc) is 3.03. The molecule has 29 heavy (non-hydrogen) atoms. The first kappa shape index (κ1) is 22.2. The molecule has 1 fully saturated rings. The number of nitrogens with zero attached hydrogens (tertiary/aromatic N) is 2. The minimum Gasteiger partial charge on any atom is -0.491 e. The van der Waals surface area contributed by atoms with Gasteiger partial charge in [0, 0.05) is 44.0 Å². The first-order chi connectivity index (χ1) is 14.0. The molecule has 0 radical (unpaired) electrons. The molecular weight excluding hydrogens is 386 g/mol. The van der Waals surface area contributed by atoms with Crippen molar-refractivity contribution in [2.24, 2.45) is 0 Å². The van der Waals surface area contributed by atoms with Crippen LogP contribution >= 0.6 is 11.3 Å². The number of hydrogen-bond donors (Lipinski definition) is 3. The van der Waals surface area contributed by atoms with Gasteiger partial charge in [0.25, 0.3) is 0 Å².